The summed E-state index contributed by atoms with van der Waals surface area (Å²) >= 11 is 0. The highest BCUT2D eigenvalue weighted by Gasteiger charge is 2.17. The first-order chi connectivity index (χ1) is 9.88. The number of aromatic carboxylic acids is 1. The topological polar surface area (TPSA) is 96.9 Å². The van der Waals surface area contributed by atoms with Gasteiger partial charge in [0.1, 0.15) is 0 Å². The SMILES string of the molecule is COc1cc(NC(=O)CNC(C)C)c(C(=O)O)cc1OC. The van der Waals surface area contributed by atoms with Gasteiger partial charge in [0.15, 0.2) is 11.5 Å². The maximum atomic E-state index is 11.8. The molecule has 0 atom stereocenters. The number of carboxylic acid groups (broad SMARTS) is 1. The van der Waals surface area contributed by atoms with Gasteiger partial charge in [-0.2, -0.15) is 0 Å². The number of ether oxygens (including phenoxy) is 2. The molecule has 0 heterocycles. The molecule has 1 rings (SSSR count). The van der Waals surface area contributed by atoms with Gasteiger partial charge in [-0.3, -0.25) is 4.79 Å². The third-order valence-corrected chi connectivity index (χ3v) is 2.70. The van der Waals surface area contributed by atoms with Gasteiger partial charge in [0.25, 0.3) is 0 Å². The lowest BCUT2D eigenvalue weighted by Crippen LogP contribution is -2.33. The molecule has 7 heteroatoms. The summed E-state index contributed by atoms with van der Waals surface area (Å²) in [5.74, 6) is -0.871. The highest BCUT2D eigenvalue weighted by Crippen LogP contribution is 2.33. The quantitative estimate of drug-likeness (QED) is 0.702. The van der Waals surface area contributed by atoms with E-state index in [9.17, 15) is 14.7 Å². The number of anilines is 1. The van der Waals surface area contributed by atoms with E-state index in [2.05, 4.69) is 10.6 Å². The number of hydrogen-bond donors (Lipinski definition) is 3. The van der Waals surface area contributed by atoms with Crippen molar-refractivity contribution >= 4 is 17.6 Å². The maximum absolute atomic E-state index is 11.8. The Morgan fingerprint density at radius 3 is 2.24 bits per heavy atom. The maximum Gasteiger partial charge on any atom is 0.337 e. The van der Waals surface area contributed by atoms with Crippen molar-refractivity contribution in [1.82, 2.24) is 5.32 Å². The zero-order valence-corrected chi connectivity index (χ0v) is 12.5. The Hall–Kier alpha value is -2.28. The van der Waals surface area contributed by atoms with Crippen molar-refractivity contribution in [2.45, 2.75) is 19.9 Å². The van der Waals surface area contributed by atoms with Crippen molar-refractivity contribution < 1.29 is 24.2 Å². The molecule has 0 bridgehead atoms. The zero-order chi connectivity index (χ0) is 16.0. The van der Waals surface area contributed by atoms with Crippen LogP contribution in [0.3, 0.4) is 0 Å². The number of carbonyl (C=O) groups is 2. The van der Waals surface area contributed by atoms with E-state index in [1.165, 1.54) is 26.4 Å². The van der Waals surface area contributed by atoms with Gasteiger partial charge in [0.2, 0.25) is 5.91 Å². The summed E-state index contributed by atoms with van der Waals surface area (Å²) in [7, 11) is 2.85. The van der Waals surface area contributed by atoms with Crippen molar-refractivity contribution in [2.75, 3.05) is 26.1 Å². The van der Waals surface area contributed by atoms with E-state index in [-0.39, 0.29) is 35.5 Å². The predicted molar refractivity (Wildman–Crippen MR) is 78.3 cm³/mol. The van der Waals surface area contributed by atoms with Crippen LogP contribution in [0.25, 0.3) is 0 Å². The average Bonchev–Trinajstić information content (AvgIpc) is 2.44. The molecule has 1 aromatic carbocycles. The fourth-order valence-corrected chi connectivity index (χ4v) is 1.65. The molecule has 0 aliphatic rings. The molecular weight excluding hydrogens is 276 g/mol. The molecule has 0 saturated carbocycles. The summed E-state index contributed by atoms with van der Waals surface area (Å²) in [4.78, 5) is 23.1. The van der Waals surface area contributed by atoms with Gasteiger partial charge in [0.05, 0.1) is 32.0 Å². The number of carbonyl (C=O) groups excluding carboxylic acids is 1. The monoisotopic (exact) mass is 296 g/mol. The lowest BCUT2D eigenvalue weighted by molar-refractivity contribution is -0.115. The number of carboxylic acids is 1. The molecule has 0 fully saturated rings. The first-order valence-corrected chi connectivity index (χ1v) is 6.41. The highest BCUT2D eigenvalue weighted by molar-refractivity contribution is 6.02. The summed E-state index contributed by atoms with van der Waals surface area (Å²) < 4.78 is 10.2. The Balaban J connectivity index is 3.04. The lowest BCUT2D eigenvalue weighted by atomic mass is 10.1. The summed E-state index contributed by atoms with van der Waals surface area (Å²) in [5.41, 5.74) is 0.0984. The molecule has 0 saturated heterocycles. The van der Waals surface area contributed by atoms with Crippen LogP contribution in [0.1, 0.15) is 24.2 Å². The fourth-order valence-electron chi connectivity index (χ4n) is 1.65. The molecule has 0 radical (unpaired) electrons. The number of amides is 1. The van der Waals surface area contributed by atoms with Gasteiger partial charge in [-0.25, -0.2) is 4.79 Å². The second kappa shape index (κ2) is 7.49. The fraction of sp³-hybridized carbons (Fsp3) is 0.429. The van der Waals surface area contributed by atoms with Crippen LogP contribution in [-0.4, -0.2) is 43.8 Å². The second-order valence-corrected chi connectivity index (χ2v) is 4.64. The van der Waals surface area contributed by atoms with Crippen molar-refractivity contribution in [3.05, 3.63) is 17.7 Å². The Morgan fingerprint density at radius 2 is 1.76 bits per heavy atom. The van der Waals surface area contributed by atoms with Crippen LogP contribution in [0, 0.1) is 0 Å². The highest BCUT2D eigenvalue weighted by atomic mass is 16.5. The third kappa shape index (κ3) is 4.64. The molecule has 1 amide bonds. The van der Waals surface area contributed by atoms with Crippen LogP contribution in [0.4, 0.5) is 5.69 Å². The average molecular weight is 296 g/mol. The molecule has 116 valence electrons. The Kier molecular flexibility index (Phi) is 5.98. The van der Waals surface area contributed by atoms with Crippen molar-refractivity contribution in [3.63, 3.8) is 0 Å². The summed E-state index contributed by atoms with van der Waals surface area (Å²) in [6, 6.07) is 2.89. The van der Waals surface area contributed by atoms with Gasteiger partial charge < -0.3 is 25.2 Å². The minimum Gasteiger partial charge on any atom is -0.493 e. The molecule has 0 aliphatic carbocycles. The van der Waals surface area contributed by atoms with E-state index in [4.69, 9.17) is 9.47 Å². The molecule has 0 spiro atoms. The molecule has 21 heavy (non-hydrogen) atoms. The number of methoxy groups -OCH3 is 2. The molecule has 7 nitrogen and oxygen atoms in total. The Bertz CT molecular complexity index is 528. The lowest BCUT2D eigenvalue weighted by Gasteiger charge is -2.14. The smallest absolute Gasteiger partial charge is 0.337 e. The second-order valence-electron chi connectivity index (χ2n) is 4.64. The van der Waals surface area contributed by atoms with Crippen molar-refractivity contribution in [2.24, 2.45) is 0 Å². The van der Waals surface area contributed by atoms with Crippen LogP contribution in [0.2, 0.25) is 0 Å². The first-order valence-electron chi connectivity index (χ1n) is 6.41. The number of hydrogen-bond acceptors (Lipinski definition) is 5. The molecular formula is C14H20N2O5. The summed E-state index contributed by atoms with van der Waals surface area (Å²) in [5, 5.41) is 14.7. The molecule has 1 aromatic rings. The Morgan fingerprint density at radius 1 is 1.19 bits per heavy atom. The molecule has 0 aromatic heterocycles. The van der Waals surface area contributed by atoms with Gasteiger partial charge in [-0.05, 0) is 0 Å². The molecule has 3 N–H and O–H groups in total. The van der Waals surface area contributed by atoms with Gasteiger partial charge in [-0.15, -0.1) is 0 Å². The molecule has 0 aliphatic heterocycles. The number of nitrogens with one attached hydrogen (secondary N) is 2. The summed E-state index contributed by atoms with van der Waals surface area (Å²) in [6.07, 6.45) is 0. The molecule has 0 unspecified atom stereocenters. The minimum atomic E-state index is -1.16. The zero-order valence-electron chi connectivity index (χ0n) is 12.5. The van der Waals surface area contributed by atoms with Gasteiger partial charge >= 0.3 is 5.97 Å². The van der Waals surface area contributed by atoms with Crippen LogP contribution in [0.5, 0.6) is 11.5 Å². The third-order valence-electron chi connectivity index (χ3n) is 2.70. The number of benzene rings is 1. The van der Waals surface area contributed by atoms with Gasteiger partial charge in [-0.1, -0.05) is 13.8 Å². The normalized spacial score (nSPS) is 10.3. The van der Waals surface area contributed by atoms with E-state index in [1.54, 1.807) is 0 Å². The van der Waals surface area contributed by atoms with E-state index in [0.717, 1.165) is 0 Å². The standard InChI is InChI=1S/C14H20N2O5/c1-8(2)15-7-13(17)16-10-6-12(21-4)11(20-3)5-9(10)14(18)19/h5-6,8,15H,7H2,1-4H3,(H,16,17)(H,18,19). The van der Waals surface area contributed by atoms with Gasteiger partial charge in [0, 0.05) is 18.2 Å². The number of rotatable bonds is 7. The van der Waals surface area contributed by atoms with E-state index in [1.807, 2.05) is 13.8 Å². The van der Waals surface area contributed by atoms with Crippen LogP contribution >= 0.6 is 0 Å². The van der Waals surface area contributed by atoms with E-state index >= 15 is 0 Å². The van der Waals surface area contributed by atoms with Crippen LogP contribution in [0.15, 0.2) is 12.1 Å². The minimum absolute atomic E-state index is 0.0643. The largest absolute Gasteiger partial charge is 0.493 e. The van der Waals surface area contributed by atoms with E-state index < -0.39 is 5.97 Å². The van der Waals surface area contributed by atoms with E-state index in [0.29, 0.717) is 5.75 Å². The Labute approximate surface area is 123 Å². The predicted octanol–water partition coefficient (Wildman–Crippen LogP) is 1.34. The van der Waals surface area contributed by atoms with Crippen LogP contribution < -0.4 is 20.1 Å². The first kappa shape index (κ1) is 16.8. The van der Waals surface area contributed by atoms with Crippen molar-refractivity contribution in [1.29, 1.82) is 0 Å². The van der Waals surface area contributed by atoms with Crippen molar-refractivity contribution in [3.8, 4) is 11.5 Å². The van der Waals surface area contributed by atoms with Crippen LogP contribution in [-0.2, 0) is 4.79 Å². The summed E-state index contributed by atoms with van der Waals surface area (Å²) in [6.45, 7) is 3.91.